The molecular weight excluding hydrogens is 170 g/mol. The fraction of sp³-hybridized carbons (Fsp3) is 0.778. The van der Waals surface area contributed by atoms with Gasteiger partial charge in [0.05, 0.1) is 5.92 Å². The topological polar surface area (TPSA) is 55.4 Å². The molecule has 0 aromatic carbocycles. The maximum Gasteiger partial charge on any atom is 0.414 e. The minimum Gasteiger partial charge on any atom is -0.445 e. The van der Waals surface area contributed by atoms with Crippen molar-refractivity contribution in [3.8, 4) is 0 Å². The molecule has 0 aromatic rings. The van der Waals surface area contributed by atoms with Crippen LogP contribution in [-0.2, 0) is 9.53 Å². The van der Waals surface area contributed by atoms with Crippen molar-refractivity contribution < 1.29 is 14.3 Å². The molecule has 4 heteroatoms. The molecule has 2 fully saturated rings. The molecule has 0 spiro atoms. The van der Waals surface area contributed by atoms with E-state index in [1.807, 2.05) is 0 Å². The van der Waals surface area contributed by atoms with Crippen LogP contribution in [0.15, 0.2) is 0 Å². The van der Waals surface area contributed by atoms with Crippen molar-refractivity contribution >= 4 is 12.0 Å². The van der Waals surface area contributed by atoms with Crippen LogP contribution in [0.1, 0.15) is 26.2 Å². The highest BCUT2D eigenvalue weighted by atomic mass is 16.6. The van der Waals surface area contributed by atoms with E-state index in [-0.39, 0.29) is 17.9 Å². The normalized spacial score (nSPS) is 39.0. The summed E-state index contributed by atoms with van der Waals surface area (Å²) >= 11 is 0. The lowest BCUT2D eigenvalue weighted by Gasteiger charge is -2.36. The molecule has 4 nitrogen and oxygen atoms in total. The highest BCUT2D eigenvalue weighted by molar-refractivity contribution is 5.95. The smallest absolute Gasteiger partial charge is 0.414 e. The van der Waals surface area contributed by atoms with Gasteiger partial charge in [-0.15, -0.1) is 0 Å². The summed E-state index contributed by atoms with van der Waals surface area (Å²) in [6.45, 7) is 2.12. The second-order valence-electron chi connectivity index (χ2n) is 3.96. The third kappa shape index (κ3) is 1.53. The molecule has 2 rings (SSSR count). The van der Waals surface area contributed by atoms with Crippen molar-refractivity contribution in [2.24, 2.45) is 11.8 Å². The molecule has 1 heterocycles. The Balaban J connectivity index is 2.10. The van der Waals surface area contributed by atoms with Gasteiger partial charge in [0.2, 0.25) is 5.91 Å². The molecule has 0 radical (unpaired) electrons. The molecule has 1 N–H and O–H groups in total. The first-order chi connectivity index (χ1) is 6.16. The summed E-state index contributed by atoms with van der Waals surface area (Å²) in [4.78, 5) is 22.2. The van der Waals surface area contributed by atoms with Crippen molar-refractivity contribution in [3.63, 3.8) is 0 Å². The van der Waals surface area contributed by atoms with E-state index in [0.29, 0.717) is 5.92 Å². The molecular formula is C9H13NO3. The number of ether oxygens (including phenoxy) is 1. The molecule has 1 aliphatic heterocycles. The lowest BCUT2D eigenvalue weighted by atomic mass is 9.79. The highest BCUT2D eigenvalue weighted by Gasteiger charge is 2.40. The summed E-state index contributed by atoms with van der Waals surface area (Å²) in [5, 5.41) is 2.19. The van der Waals surface area contributed by atoms with E-state index in [9.17, 15) is 9.59 Å². The summed E-state index contributed by atoms with van der Waals surface area (Å²) in [6.07, 6.45) is 1.95. The van der Waals surface area contributed by atoms with Gasteiger partial charge in [0.15, 0.2) is 0 Å². The first-order valence-electron chi connectivity index (χ1n) is 4.68. The summed E-state index contributed by atoms with van der Waals surface area (Å²) in [6, 6.07) is 0. The number of amides is 2. The van der Waals surface area contributed by atoms with Gasteiger partial charge < -0.3 is 4.74 Å². The number of nitrogens with one attached hydrogen (secondary N) is 1. The number of alkyl carbamates (subject to hydrolysis) is 1. The van der Waals surface area contributed by atoms with Crippen LogP contribution in [0.4, 0.5) is 4.79 Å². The van der Waals surface area contributed by atoms with Crippen molar-refractivity contribution in [2.75, 3.05) is 0 Å². The zero-order valence-corrected chi connectivity index (χ0v) is 7.58. The monoisotopic (exact) mass is 183 g/mol. The number of carbonyl (C=O) groups is 2. The lowest BCUT2D eigenvalue weighted by Crippen LogP contribution is -2.51. The van der Waals surface area contributed by atoms with Gasteiger partial charge in [0.25, 0.3) is 0 Å². The van der Waals surface area contributed by atoms with E-state index in [1.54, 1.807) is 0 Å². The van der Waals surface area contributed by atoms with Crippen LogP contribution in [0.25, 0.3) is 0 Å². The van der Waals surface area contributed by atoms with Crippen LogP contribution < -0.4 is 5.32 Å². The Morgan fingerprint density at radius 2 is 2.15 bits per heavy atom. The Hall–Kier alpha value is -1.06. The minimum absolute atomic E-state index is 0.103. The van der Waals surface area contributed by atoms with Crippen LogP contribution in [0.3, 0.4) is 0 Å². The van der Waals surface area contributed by atoms with E-state index in [0.717, 1.165) is 19.3 Å². The molecule has 1 saturated heterocycles. The average molecular weight is 183 g/mol. The quantitative estimate of drug-likeness (QED) is 0.611. The molecule has 0 bridgehead atoms. The zero-order chi connectivity index (χ0) is 9.42. The second-order valence-corrected chi connectivity index (χ2v) is 3.96. The van der Waals surface area contributed by atoms with Gasteiger partial charge in [-0.1, -0.05) is 6.92 Å². The van der Waals surface area contributed by atoms with Gasteiger partial charge in [0.1, 0.15) is 6.10 Å². The molecule has 3 atom stereocenters. The molecule has 1 saturated carbocycles. The standard InChI is InChI=1S/C9H13NO3/c1-5-2-3-6-7(4-5)13-9(12)10-8(6)11/h5-7H,2-4H2,1H3,(H,10,11,12). The van der Waals surface area contributed by atoms with Gasteiger partial charge in [-0.3, -0.25) is 10.1 Å². The number of carbonyl (C=O) groups excluding carboxylic acids is 2. The largest absolute Gasteiger partial charge is 0.445 e. The summed E-state index contributed by atoms with van der Waals surface area (Å²) in [5.41, 5.74) is 0. The Bertz CT molecular complexity index is 251. The van der Waals surface area contributed by atoms with Crippen molar-refractivity contribution in [2.45, 2.75) is 32.3 Å². The molecule has 72 valence electrons. The lowest BCUT2D eigenvalue weighted by molar-refractivity contribution is -0.134. The maximum absolute atomic E-state index is 11.3. The molecule has 3 unspecified atom stereocenters. The third-order valence-electron chi connectivity index (χ3n) is 2.87. The van der Waals surface area contributed by atoms with Gasteiger partial charge in [-0.2, -0.15) is 0 Å². The van der Waals surface area contributed by atoms with E-state index >= 15 is 0 Å². The van der Waals surface area contributed by atoms with E-state index in [4.69, 9.17) is 4.74 Å². The van der Waals surface area contributed by atoms with Crippen LogP contribution in [0, 0.1) is 11.8 Å². The number of hydrogen-bond donors (Lipinski definition) is 1. The number of fused-ring (bicyclic) bond motifs is 1. The first kappa shape index (κ1) is 8.53. The highest BCUT2D eigenvalue weighted by Crippen LogP contribution is 2.32. The van der Waals surface area contributed by atoms with Crippen molar-refractivity contribution in [3.05, 3.63) is 0 Å². The second kappa shape index (κ2) is 3.01. The predicted molar refractivity (Wildman–Crippen MR) is 44.9 cm³/mol. The summed E-state index contributed by atoms with van der Waals surface area (Å²) in [7, 11) is 0. The zero-order valence-electron chi connectivity index (χ0n) is 7.58. The number of rotatable bonds is 0. The molecule has 0 aromatic heterocycles. The SMILES string of the molecule is CC1CCC2C(=O)NC(=O)OC2C1. The summed E-state index contributed by atoms with van der Waals surface area (Å²) < 4.78 is 5.06. The molecule has 1 aliphatic carbocycles. The van der Waals surface area contributed by atoms with E-state index < -0.39 is 6.09 Å². The Kier molecular flexibility index (Phi) is 1.98. The minimum atomic E-state index is -0.583. The Labute approximate surface area is 76.6 Å². The van der Waals surface area contributed by atoms with Crippen LogP contribution in [-0.4, -0.2) is 18.1 Å². The van der Waals surface area contributed by atoms with Crippen LogP contribution in [0.5, 0.6) is 0 Å². The van der Waals surface area contributed by atoms with Crippen molar-refractivity contribution in [1.29, 1.82) is 0 Å². The van der Waals surface area contributed by atoms with Gasteiger partial charge >= 0.3 is 6.09 Å². The van der Waals surface area contributed by atoms with E-state index in [2.05, 4.69) is 12.2 Å². The fourth-order valence-corrected chi connectivity index (χ4v) is 2.12. The van der Waals surface area contributed by atoms with Crippen molar-refractivity contribution in [1.82, 2.24) is 5.32 Å². The average Bonchev–Trinajstić information content (AvgIpc) is 2.02. The first-order valence-corrected chi connectivity index (χ1v) is 4.68. The summed E-state index contributed by atoms with van der Waals surface area (Å²) in [5.74, 6) is 0.294. The number of hydrogen-bond acceptors (Lipinski definition) is 3. The van der Waals surface area contributed by atoms with E-state index in [1.165, 1.54) is 0 Å². The Morgan fingerprint density at radius 3 is 2.92 bits per heavy atom. The Morgan fingerprint density at radius 1 is 1.38 bits per heavy atom. The van der Waals surface area contributed by atoms with Gasteiger partial charge in [0, 0.05) is 0 Å². The van der Waals surface area contributed by atoms with Gasteiger partial charge in [-0.25, -0.2) is 4.79 Å². The third-order valence-corrected chi connectivity index (χ3v) is 2.87. The van der Waals surface area contributed by atoms with Crippen LogP contribution >= 0.6 is 0 Å². The molecule has 13 heavy (non-hydrogen) atoms. The van der Waals surface area contributed by atoms with Crippen LogP contribution in [0.2, 0.25) is 0 Å². The predicted octanol–water partition coefficient (Wildman–Crippen LogP) is 1.06. The number of imide groups is 1. The maximum atomic E-state index is 11.3. The fourth-order valence-electron chi connectivity index (χ4n) is 2.12. The molecule has 2 amide bonds. The van der Waals surface area contributed by atoms with Gasteiger partial charge in [-0.05, 0) is 25.2 Å². The molecule has 2 aliphatic rings.